The van der Waals surface area contributed by atoms with Crippen molar-refractivity contribution < 1.29 is 19.5 Å². The fraction of sp³-hybridized carbons (Fsp3) is 0.786. The van der Waals surface area contributed by atoms with Gasteiger partial charge >= 0.3 is 5.97 Å². The normalized spacial score (nSPS) is 10.1. The Kier molecular flexibility index (Phi) is 11.5. The molecule has 0 atom stereocenters. The number of carbonyl (C=O) groups excluding carboxylic acids is 2. The molecule has 0 aromatic rings. The van der Waals surface area contributed by atoms with Crippen LogP contribution < -0.4 is 10.6 Å². The minimum Gasteiger partial charge on any atom is -0.480 e. The van der Waals surface area contributed by atoms with Gasteiger partial charge in [0, 0.05) is 19.4 Å². The fourth-order valence-corrected chi connectivity index (χ4v) is 1.72. The molecule has 0 aromatic carbocycles. The number of hydrogen-bond donors (Lipinski definition) is 3. The number of unbranched alkanes of at least 4 members (excludes halogenated alkanes) is 4. The van der Waals surface area contributed by atoms with E-state index in [4.69, 9.17) is 5.11 Å². The first-order valence-electron chi connectivity index (χ1n) is 7.31. The van der Waals surface area contributed by atoms with Gasteiger partial charge < -0.3 is 15.7 Å². The summed E-state index contributed by atoms with van der Waals surface area (Å²) in [6, 6.07) is 0. The van der Waals surface area contributed by atoms with Gasteiger partial charge in [0.05, 0.1) is 0 Å². The Hall–Kier alpha value is -1.59. The highest BCUT2D eigenvalue weighted by molar-refractivity contribution is 5.81. The van der Waals surface area contributed by atoms with Crippen molar-refractivity contribution in [3.05, 3.63) is 0 Å². The van der Waals surface area contributed by atoms with E-state index < -0.39 is 5.97 Å². The number of carboxylic acid groups (broad SMARTS) is 1. The van der Waals surface area contributed by atoms with E-state index in [9.17, 15) is 14.4 Å². The quantitative estimate of drug-likeness (QED) is 0.473. The number of carboxylic acids is 1. The molecule has 20 heavy (non-hydrogen) atoms. The third-order valence-corrected chi connectivity index (χ3v) is 2.85. The van der Waals surface area contributed by atoms with Crippen LogP contribution in [0.5, 0.6) is 0 Å². The molecule has 6 nitrogen and oxygen atoms in total. The van der Waals surface area contributed by atoms with Crippen LogP contribution in [0.4, 0.5) is 0 Å². The fourth-order valence-electron chi connectivity index (χ4n) is 1.72. The zero-order chi connectivity index (χ0) is 15.2. The Labute approximate surface area is 120 Å². The van der Waals surface area contributed by atoms with E-state index in [1.165, 1.54) is 19.3 Å². The van der Waals surface area contributed by atoms with Gasteiger partial charge in [-0.3, -0.25) is 14.4 Å². The first-order chi connectivity index (χ1) is 9.56. The standard InChI is InChI=1S/C14H26N2O4/c1-2-3-4-5-6-8-12(17)15-10-7-9-13(18)16-11-14(19)20/h2-11H2,1H3,(H,15,17)(H,16,18)(H,19,20). The monoisotopic (exact) mass is 286 g/mol. The number of aliphatic carboxylic acids is 1. The minimum absolute atomic E-state index is 0.0208. The van der Waals surface area contributed by atoms with Gasteiger partial charge in [-0.05, 0) is 12.8 Å². The van der Waals surface area contributed by atoms with Crippen LogP contribution in [0, 0.1) is 0 Å². The van der Waals surface area contributed by atoms with Gasteiger partial charge in [-0.2, -0.15) is 0 Å². The molecule has 0 unspecified atom stereocenters. The first-order valence-corrected chi connectivity index (χ1v) is 7.31. The van der Waals surface area contributed by atoms with Gasteiger partial charge in [0.2, 0.25) is 11.8 Å². The van der Waals surface area contributed by atoms with Gasteiger partial charge in [0.1, 0.15) is 6.54 Å². The van der Waals surface area contributed by atoms with Crippen LogP contribution in [0.25, 0.3) is 0 Å². The molecule has 0 spiro atoms. The highest BCUT2D eigenvalue weighted by atomic mass is 16.4. The van der Waals surface area contributed by atoms with Crippen molar-refractivity contribution in [2.24, 2.45) is 0 Å². The van der Waals surface area contributed by atoms with Crippen LogP contribution in [-0.4, -0.2) is 36.0 Å². The number of carbonyl (C=O) groups is 3. The molecule has 0 aliphatic carbocycles. The Morgan fingerprint density at radius 2 is 1.45 bits per heavy atom. The second-order valence-electron chi connectivity index (χ2n) is 4.79. The number of rotatable bonds is 12. The minimum atomic E-state index is -1.06. The van der Waals surface area contributed by atoms with Crippen molar-refractivity contribution in [2.75, 3.05) is 13.1 Å². The van der Waals surface area contributed by atoms with Gasteiger partial charge in [-0.25, -0.2) is 0 Å². The Morgan fingerprint density at radius 3 is 2.10 bits per heavy atom. The van der Waals surface area contributed by atoms with Gasteiger partial charge in [0.25, 0.3) is 0 Å². The smallest absolute Gasteiger partial charge is 0.322 e. The molecule has 0 saturated heterocycles. The van der Waals surface area contributed by atoms with Crippen LogP contribution in [0.3, 0.4) is 0 Å². The Balaban J connectivity index is 3.38. The maximum absolute atomic E-state index is 11.4. The Bertz CT molecular complexity index is 306. The average Bonchev–Trinajstić information content (AvgIpc) is 2.41. The summed E-state index contributed by atoms with van der Waals surface area (Å²) >= 11 is 0. The van der Waals surface area contributed by atoms with Crippen LogP contribution in [-0.2, 0) is 14.4 Å². The van der Waals surface area contributed by atoms with Crippen LogP contribution in [0.1, 0.15) is 58.3 Å². The molecule has 0 fully saturated rings. The van der Waals surface area contributed by atoms with E-state index in [-0.39, 0.29) is 24.8 Å². The number of hydrogen-bond acceptors (Lipinski definition) is 3. The van der Waals surface area contributed by atoms with E-state index in [0.717, 1.165) is 12.8 Å². The molecule has 0 aliphatic rings. The summed E-state index contributed by atoms with van der Waals surface area (Å²) in [4.78, 5) is 32.8. The number of nitrogens with one attached hydrogen (secondary N) is 2. The number of amides is 2. The highest BCUT2D eigenvalue weighted by Gasteiger charge is 2.04. The van der Waals surface area contributed by atoms with Crippen LogP contribution in [0.15, 0.2) is 0 Å². The lowest BCUT2D eigenvalue weighted by molar-refractivity contribution is -0.137. The van der Waals surface area contributed by atoms with Crippen molar-refractivity contribution in [3.63, 3.8) is 0 Å². The first kappa shape index (κ1) is 18.4. The molecule has 0 rings (SSSR count). The average molecular weight is 286 g/mol. The van der Waals surface area contributed by atoms with E-state index in [0.29, 0.717) is 19.4 Å². The zero-order valence-corrected chi connectivity index (χ0v) is 12.2. The van der Waals surface area contributed by atoms with E-state index in [1.54, 1.807) is 0 Å². The molecule has 0 saturated carbocycles. The molecule has 116 valence electrons. The van der Waals surface area contributed by atoms with E-state index in [2.05, 4.69) is 17.6 Å². The van der Waals surface area contributed by atoms with Gasteiger partial charge in [0.15, 0.2) is 0 Å². The van der Waals surface area contributed by atoms with E-state index >= 15 is 0 Å². The molecule has 0 aliphatic heterocycles. The van der Waals surface area contributed by atoms with Crippen molar-refractivity contribution in [1.29, 1.82) is 0 Å². The molecule has 2 amide bonds. The summed E-state index contributed by atoms with van der Waals surface area (Å²) < 4.78 is 0. The van der Waals surface area contributed by atoms with Crippen LogP contribution >= 0.6 is 0 Å². The summed E-state index contributed by atoms with van der Waals surface area (Å²) in [5.41, 5.74) is 0. The second kappa shape index (κ2) is 12.4. The lowest BCUT2D eigenvalue weighted by Crippen LogP contribution is -2.30. The largest absolute Gasteiger partial charge is 0.480 e. The van der Waals surface area contributed by atoms with Crippen molar-refractivity contribution >= 4 is 17.8 Å². The third kappa shape index (κ3) is 12.9. The molecule has 0 radical (unpaired) electrons. The molecule has 3 N–H and O–H groups in total. The lowest BCUT2D eigenvalue weighted by atomic mass is 10.1. The summed E-state index contributed by atoms with van der Waals surface area (Å²) in [5.74, 6) is -1.34. The van der Waals surface area contributed by atoms with Gasteiger partial charge in [-0.1, -0.05) is 32.6 Å². The summed E-state index contributed by atoms with van der Waals surface area (Å²) in [6.45, 7) is 2.25. The molecule has 0 heterocycles. The SMILES string of the molecule is CCCCCCCC(=O)NCCCC(=O)NCC(=O)O. The molecule has 0 aromatic heterocycles. The highest BCUT2D eigenvalue weighted by Crippen LogP contribution is 2.04. The molecular formula is C14H26N2O4. The maximum atomic E-state index is 11.4. The molecular weight excluding hydrogens is 260 g/mol. The second-order valence-corrected chi connectivity index (χ2v) is 4.79. The van der Waals surface area contributed by atoms with Gasteiger partial charge in [-0.15, -0.1) is 0 Å². The lowest BCUT2D eigenvalue weighted by Gasteiger charge is -2.05. The van der Waals surface area contributed by atoms with E-state index in [1.807, 2.05) is 0 Å². The topological polar surface area (TPSA) is 95.5 Å². The summed E-state index contributed by atoms with van der Waals surface area (Å²) in [5, 5.41) is 13.4. The summed E-state index contributed by atoms with van der Waals surface area (Å²) in [6.07, 6.45) is 6.85. The van der Waals surface area contributed by atoms with Crippen molar-refractivity contribution in [2.45, 2.75) is 58.3 Å². The summed E-state index contributed by atoms with van der Waals surface area (Å²) in [7, 11) is 0. The Morgan fingerprint density at radius 1 is 0.850 bits per heavy atom. The molecule has 6 heteroatoms. The van der Waals surface area contributed by atoms with Crippen LogP contribution in [0.2, 0.25) is 0 Å². The zero-order valence-electron chi connectivity index (χ0n) is 12.2. The third-order valence-electron chi connectivity index (χ3n) is 2.85. The van der Waals surface area contributed by atoms with Crippen molar-refractivity contribution in [1.82, 2.24) is 10.6 Å². The maximum Gasteiger partial charge on any atom is 0.322 e. The predicted molar refractivity (Wildman–Crippen MR) is 76.3 cm³/mol. The predicted octanol–water partition coefficient (Wildman–Crippen LogP) is 1.44. The molecule has 0 bridgehead atoms. The van der Waals surface area contributed by atoms with Crippen molar-refractivity contribution in [3.8, 4) is 0 Å².